The van der Waals surface area contributed by atoms with E-state index in [2.05, 4.69) is 18.9 Å². The van der Waals surface area contributed by atoms with Gasteiger partial charge in [-0.15, -0.1) is 0 Å². The van der Waals surface area contributed by atoms with E-state index in [9.17, 15) is 0 Å². The van der Waals surface area contributed by atoms with E-state index < -0.39 is 0 Å². The number of hydrogen-bond acceptors (Lipinski definition) is 3. The van der Waals surface area contributed by atoms with Gasteiger partial charge in [0, 0.05) is 25.2 Å². The van der Waals surface area contributed by atoms with Crippen LogP contribution < -0.4 is 5.73 Å². The Kier molecular flexibility index (Phi) is 5.05. The van der Waals surface area contributed by atoms with Gasteiger partial charge >= 0.3 is 0 Å². The number of ether oxygens (including phenoxy) is 1. The average Bonchev–Trinajstić information content (AvgIpc) is 2.91. The van der Waals surface area contributed by atoms with E-state index >= 15 is 0 Å². The zero-order valence-corrected chi connectivity index (χ0v) is 12.2. The van der Waals surface area contributed by atoms with Gasteiger partial charge in [-0.1, -0.05) is 26.2 Å². The van der Waals surface area contributed by atoms with E-state index in [0.29, 0.717) is 6.10 Å². The van der Waals surface area contributed by atoms with E-state index in [-0.39, 0.29) is 5.54 Å². The van der Waals surface area contributed by atoms with Crippen LogP contribution in [0.2, 0.25) is 0 Å². The third-order valence-corrected chi connectivity index (χ3v) is 5.28. The Balaban J connectivity index is 2.03. The highest BCUT2D eigenvalue weighted by Crippen LogP contribution is 2.39. The highest BCUT2D eigenvalue weighted by atomic mass is 16.5. The van der Waals surface area contributed by atoms with Crippen LogP contribution >= 0.6 is 0 Å². The summed E-state index contributed by atoms with van der Waals surface area (Å²) in [7, 11) is 2.27. The quantitative estimate of drug-likeness (QED) is 0.819. The van der Waals surface area contributed by atoms with E-state index in [1.807, 2.05) is 0 Å². The van der Waals surface area contributed by atoms with Gasteiger partial charge in [-0.05, 0) is 38.6 Å². The second-order valence-corrected chi connectivity index (χ2v) is 6.17. The molecule has 3 heteroatoms. The molecular weight excluding hydrogens is 224 g/mol. The highest BCUT2D eigenvalue weighted by Gasteiger charge is 2.42. The van der Waals surface area contributed by atoms with Crippen LogP contribution in [0, 0.1) is 5.92 Å². The molecule has 18 heavy (non-hydrogen) atoms. The minimum absolute atomic E-state index is 0.235. The maximum atomic E-state index is 6.20. The number of nitrogens with zero attached hydrogens (tertiary/aromatic N) is 1. The molecule has 3 nitrogen and oxygen atoms in total. The van der Waals surface area contributed by atoms with Gasteiger partial charge in [0.2, 0.25) is 0 Å². The number of likely N-dealkylation sites (N-methyl/N-ethyl adjacent to an activating group) is 1. The van der Waals surface area contributed by atoms with Gasteiger partial charge in [-0.3, -0.25) is 4.90 Å². The summed E-state index contributed by atoms with van der Waals surface area (Å²) in [5.74, 6) is 0.766. The Bertz CT molecular complexity index is 253. The largest absolute Gasteiger partial charge is 0.377 e. The second-order valence-electron chi connectivity index (χ2n) is 6.17. The molecule has 1 saturated heterocycles. The predicted molar refractivity (Wildman–Crippen MR) is 75.6 cm³/mol. The molecule has 2 aliphatic rings. The Hall–Kier alpha value is -0.120. The van der Waals surface area contributed by atoms with Gasteiger partial charge in [0.05, 0.1) is 6.10 Å². The minimum atomic E-state index is 0.235. The first-order valence-electron chi connectivity index (χ1n) is 7.76. The molecule has 106 valence electrons. The van der Waals surface area contributed by atoms with Crippen LogP contribution in [-0.4, -0.2) is 43.3 Å². The third kappa shape index (κ3) is 2.73. The lowest BCUT2D eigenvalue weighted by atomic mass is 9.70. The lowest BCUT2D eigenvalue weighted by molar-refractivity contribution is -0.0128. The standard InChI is InChI=1S/C15H30N2O/c1-3-13-7-4-5-9-15(13,12-16)17(2)11-14-8-6-10-18-14/h13-14H,3-12,16H2,1-2H3. The van der Waals surface area contributed by atoms with Crippen LogP contribution in [0.3, 0.4) is 0 Å². The molecule has 1 aliphatic carbocycles. The van der Waals surface area contributed by atoms with Crippen LogP contribution in [0.25, 0.3) is 0 Å². The number of nitrogens with two attached hydrogens (primary N) is 1. The van der Waals surface area contributed by atoms with Crippen LogP contribution in [0.4, 0.5) is 0 Å². The Labute approximate surface area is 112 Å². The van der Waals surface area contributed by atoms with Crippen molar-refractivity contribution in [2.24, 2.45) is 11.7 Å². The molecule has 1 aliphatic heterocycles. The first kappa shape index (κ1) is 14.3. The molecule has 3 atom stereocenters. The molecule has 0 amide bonds. The summed E-state index contributed by atoms with van der Waals surface area (Å²) in [4.78, 5) is 2.54. The van der Waals surface area contributed by atoms with Crippen molar-refractivity contribution in [2.45, 2.75) is 63.5 Å². The molecule has 2 fully saturated rings. The Morgan fingerprint density at radius 1 is 1.28 bits per heavy atom. The lowest BCUT2D eigenvalue weighted by Gasteiger charge is -2.50. The monoisotopic (exact) mass is 254 g/mol. The topological polar surface area (TPSA) is 38.5 Å². The summed E-state index contributed by atoms with van der Waals surface area (Å²) in [6.45, 7) is 5.13. The smallest absolute Gasteiger partial charge is 0.0702 e. The fraction of sp³-hybridized carbons (Fsp3) is 1.00. The lowest BCUT2D eigenvalue weighted by Crippen LogP contribution is -2.59. The molecule has 2 rings (SSSR count). The van der Waals surface area contributed by atoms with E-state index in [1.165, 1.54) is 44.9 Å². The van der Waals surface area contributed by atoms with Crippen molar-refractivity contribution in [3.63, 3.8) is 0 Å². The first-order valence-corrected chi connectivity index (χ1v) is 7.76. The van der Waals surface area contributed by atoms with Crippen molar-refractivity contribution < 1.29 is 4.74 Å². The molecule has 0 bridgehead atoms. The molecular formula is C15H30N2O. The van der Waals surface area contributed by atoms with Gasteiger partial charge in [-0.2, -0.15) is 0 Å². The van der Waals surface area contributed by atoms with Crippen LogP contribution in [0.15, 0.2) is 0 Å². The molecule has 0 aromatic carbocycles. The first-order chi connectivity index (χ1) is 8.73. The van der Waals surface area contributed by atoms with Crippen molar-refractivity contribution in [1.82, 2.24) is 4.90 Å². The van der Waals surface area contributed by atoms with Crippen LogP contribution in [-0.2, 0) is 4.74 Å². The van der Waals surface area contributed by atoms with E-state index in [0.717, 1.165) is 25.6 Å². The van der Waals surface area contributed by atoms with Crippen LogP contribution in [0.1, 0.15) is 51.9 Å². The zero-order chi connectivity index (χ0) is 13.0. The average molecular weight is 254 g/mol. The summed E-state index contributed by atoms with van der Waals surface area (Å²) >= 11 is 0. The zero-order valence-electron chi connectivity index (χ0n) is 12.2. The molecule has 1 heterocycles. The summed E-state index contributed by atoms with van der Waals surface area (Å²) in [5.41, 5.74) is 6.43. The van der Waals surface area contributed by atoms with Gasteiger partial charge in [0.15, 0.2) is 0 Å². The third-order valence-electron chi connectivity index (χ3n) is 5.28. The highest BCUT2D eigenvalue weighted by molar-refractivity contribution is 4.99. The minimum Gasteiger partial charge on any atom is -0.377 e. The van der Waals surface area contributed by atoms with Crippen LogP contribution in [0.5, 0.6) is 0 Å². The maximum Gasteiger partial charge on any atom is 0.0702 e. The van der Waals surface area contributed by atoms with Crippen molar-refractivity contribution >= 4 is 0 Å². The molecule has 0 radical (unpaired) electrons. The summed E-state index contributed by atoms with van der Waals surface area (Å²) in [6.07, 6.45) is 9.49. The summed E-state index contributed by atoms with van der Waals surface area (Å²) in [5, 5.41) is 0. The molecule has 2 N–H and O–H groups in total. The fourth-order valence-electron chi connectivity index (χ4n) is 4.08. The summed E-state index contributed by atoms with van der Waals surface area (Å²) in [6, 6.07) is 0. The van der Waals surface area contributed by atoms with Gasteiger partial charge in [0.1, 0.15) is 0 Å². The van der Waals surface area contributed by atoms with E-state index in [4.69, 9.17) is 10.5 Å². The molecule has 3 unspecified atom stereocenters. The Morgan fingerprint density at radius 3 is 2.72 bits per heavy atom. The molecule has 0 spiro atoms. The normalized spacial score (nSPS) is 37.3. The van der Waals surface area contributed by atoms with Crippen molar-refractivity contribution in [3.05, 3.63) is 0 Å². The van der Waals surface area contributed by atoms with Gasteiger partial charge in [-0.25, -0.2) is 0 Å². The van der Waals surface area contributed by atoms with Gasteiger partial charge < -0.3 is 10.5 Å². The van der Waals surface area contributed by atoms with E-state index in [1.54, 1.807) is 0 Å². The fourth-order valence-corrected chi connectivity index (χ4v) is 4.08. The van der Waals surface area contributed by atoms with Crippen molar-refractivity contribution in [1.29, 1.82) is 0 Å². The SMILES string of the molecule is CCC1CCCCC1(CN)N(C)CC1CCCO1. The maximum absolute atomic E-state index is 6.20. The summed E-state index contributed by atoms with van der Waals surface area (Å²) < 4.78 is 5.79. The number of hydrogen-bond donors (Lipinski definition) is 1. The van der Waals surface area contributed by atoms with Crippen molar-refractivity contribution in [2.75, 3.05) is 26.7 Å². The molecule has 0 aromatic rings. The molecule has 0 aromatic heterocycles. The number of rotatable bonds is 5. The predicted octanol–water partition coefficient (Wildman–Crippen LogP) is 2.39. The molecule has 1 saturated carbocycles. The Morgan fingerprint density at radius 2 is 2.11 bits per heavy atom. The van der Waals surface area contributed by atoms with Crippen molar-refractivity contribution in [3.8, 4) is 0 Å². The second kappa shape index (κ2) is 6.36. The van der Waals surface area contributed by atoms with Gasteiger partial charge in [0.25, 0.3) is 0 Å².